The third kappa shape index (κ3) is 2.67. The van der Waals surface area contributed by atoms with E-state index in [9.17, 15) is 0 Å². The summed E-state index contributed by atoms with van der Waals surface area (Å²) in [5.74, 6) is 0.730. The Morgan fingerprint density at radius 2 is 2.06 bits per heavy atom. The number of nitrogens with two attached hydrogens (primary N) is 1. The molecular weight excluding hydrogens is 212 g/mol. The van der Waals surface area contributed by atoms with Crippen LogP contribution in [0, 0.1) is 12.3 Å². The zero-order valence-corrected chi connectivity index (χ0v) is 10.9. The van der Waals surface area contributed by atoms with Gasteiger partial charge in [-0.15, -0.1) is 0 Å². The van der Waals surface area contributed by atoms with Crippen LogP contribution in [0.25, 0.3) is 11.1 Å². The van der Waals surface area contributed by atoms with Crippen LogP contribution in [0.1, 0.15) is 32.2 Å². The number of oxazole rings is 1. The third-order valence-corrected chi connectivity index (χ3v) is 3.10. The molecule has 0 saturated heterocycles. The fraction of sp³-hybridized carbons (Fsp3) is 0.500. The first kappa shape index (κ1) is 12.1. The number of hydrogen-bond donors (Lipinski definition) is 1. The van der Waals surface area contributed by atoms with Crippen LogP contribution in [0.5, 0.6) is 0 Å². The van der Waals surface area contributed by atoms with Crippen molar-refractivity contribution in [3.63, 3.8) is 0 Å². The summed E-state index contributed by atoms with van der Waals surface area (Å²) < 4.78 is 5.72. The van der Waals surface area contributed by atoms with Gasteiger partial charge in [0.2, 0.25) is 0 Å². The van der Waals surface area contributed by atoms with Gasteiger partial charge in [-0.1, -0.05) is 26.8 Å². The van der Waals surface area contributed by atoms with E-state index in [0.717, 1.165) is 17.0 Å². The van der Waals surface area contributed by atoms with Crippen molar-refractivity contribution < 1.29 is 4.42 Å². The molecule has 3 nitrogen and oxygen atoms in total. The minimum Gasteiger partial charge on any atom is -0.441 e. The van der Waals surface area contributed by atoms with Gasteiger partial charge in [-0.3, -0.25) is 0 Å². The molecule has 0 fully saturated rings. The van der Waals surface area contributed by atoms with E-state index in [1.165, 1.54) is 5.56 Å². The highest BCUT2D eigenvalue weighted by Crippen LogP contribution is 2.23. The van der Waals surface area contributed by atoms with E-state index in [2.05, 4.69) is 25.8 Å². The van der Waals surface area contributed by atoms with Crippen LogP contribution >= 0.6 is 0 Å². The first-order valence-electron chi connectivity index (χ1n) is 5.98. The van der Waals surface area contributed by atoms with Gasteiger partial charge in [-0.2, -0.15) is 0 Å². The number of nitrogens with zero attached hydrogens (tertiary/aromatic N) is 1. The second-order valence-corrected chi connectivity index (χ2v) is 5.76. The molecular formula is C14H20N2O. The second kappa shape index (κ2) is 4.15. The van der Waals surface area contributed by atoms with E-state index < -0.39 is 0 Å². The first-order valence-corrected chi connectivity index (χ1v) is 5.98. The minimum absolute atomic E-state index is 0.0525. The molecule has 0 aliphatic rings. The lowest BCUT2D eigenvalue weighted by molar-refractivity contribution is 0.303. The Labute approximate surface area is 102 Å². The molecule has 1 heterocycles. The molecule has 1 atom stereocenters. The number of aromatic nitrogens is 1. The molecule has 0 spiro atoms. The predicted molar refractivity (Wildman–Crippen MR) is 69.9 cm³/mol. The van der Waals surface area contributed by atoms with Crippen molar-refractivity contribution in [2.45, 2.75) is 40.2 Å². The highest BCUT2D eigenvalue weighted by atomic mass is 16.3. The Balaban J connectivity index is 2.25. The Hall–Kier alpha value is -1.35. The zero-order valence-electron chi connectivity index (χ0n) is 10.9. The molecule has 0 amide bonds. The van der Waals surface area contributed by atoms with E-state index in [0.29, 0.717) is 6.42 Å². The lowest BCUT2D eigenvalue weighted by Gasteiger charge is -2.25. The number of aryl methyl sites for hydroxylation is 1. The molecule has 0 saturated carbocycles. The molecule has 2 aromatic rings. The highest BCUT2D eigenvalue weighted by molar-refractivity contribution is 5.73. The number of hydrogen-bond acceptors (Lipinski definition) is 3. The third-order valence-electron chi connectivity index (χ3n) is 3.10. The summed E-state index contributed by atoms with van der Waals surface area (Å²) in [7, 11) is 0. The zero-order chi connectivity index (χ0) is 12.6. The molecule has 0 radical (unpaired) electrons. The Morgan fingerprint density at radius 1 is 1.35 bits per heavy atom. The molecule has 1 aromatic heterocycles. The first-order chi connectivity index (χ1) is 7.86. The predicted octanol–water partition coefficient (Wildman–Crippen LogP) is 3.05. The van der Waals surface area contributed by atoms with Crippen molar-refractivity contribution in [3.8, 4) is 0 Å². The Bertz CT molecular complexity index is 522. The maximum Gasteiger partial charge on any atom is 0.197 e. The van der Waals surface area contributed by atoms with Gasteiger partial charge in [-0.05, 0) is 30.0 Å². The summed E-state index contributed by atoms with van der Waals surface area (Å²) in [6.45, 7) is 8.43. The number of benzene rings is 1. The quantitative estimate of drug-likeness (QED) is 0.865. The molecule has 1 unspecified atom stereocenters. The summed E-state index contributed by atoms with van der Waals surface area (Å²) in [4.78, 5) is 4.46. The Morgan fingerprint density at radius 3 is 2.71 bits per heavy atom. The fourth-order valence-electron chi connectivity index (χ4n) is 1.66. The smallest absolute Gasteiger partial charge is 0.197 e. The summed E-state index contributed by atoms with van der Waals surface area (Å²) in [6, 6.07) is 6.09. The molecule has 17 heavy (non-hydrogen) atoms. The lowest BCUT2D eigenvalue weighted by Crippen LogP contribution is -2.36. The van der Waals surface area contributed by atoms with Crippen molar-refractivity contribution in [1.82, 2.24) is 4.98 Å². The number of rotatable bonds is 2. The molecule has 0 aliphatic carbocycles. The molecule has 92 valence electrons. The summed E-state index contributed by atoms with van der Waals surface area (Å²) >= 11 is 0. The molecule has 3 heteroatoms. The van der Waals surface area contributed by atoms with Gasteiger partial charge in [0, 0.05) is 12.5 Å². The average molecular weight is 232 g/mol. The van der Waals surface area contributed by atoms with Crippen LogP contribution in [0.2, 0.25) is 0 Å². The van der Waals surface area contributed by atoms with Crippen LogP contribution in [0.3, 0.4) is 0 Å². The van der Waals surface area contributed by atoms with E-state index in [1.807, 2.05) is 25.1 Å². The van der Waals surface area contributed by atoms with Gasteiger partial charge in [-0.25, -0.2) is 4.98 Å². The van der Waals surface area contributed by atoms with Crippen LogP contribution < -0.4 is 5.73 Å². The fourth-order valence-corrected chi connectivity index (χ4v) is 1.66. The van der Waals surface area contributed by atoms with Crippen molar-refractivity contribution in [2.24, 2.45) is 11.1 Å². The summed E-state index contributed by atoms with van der Waals surface area (Å²) in [5.41, 5.74) is 9.14. The monoisotopic (exact) mass is 232 g/mol. The van der Waals surface area contributed by atoms with Gasteiger partial charge in [0.1, 0.15) is 5.52 Å². The highest BCUT2D eigenvalue weighted by Gasteiger charge is 2.22. The molecule has 2 N–H and O–H groups in total. The van der Waals surface area contributed by atoms with Gasteiger partial charge >= 0.3 is 0 Å². The second-order valence-electron chi connectivity index (χ2n) is 5.76. The summed E-state index contributed by atoms with van der Waals surface area (Å²) in [5, 5.41) is 0. The maximum atomic E-state index is 6.13. The number of fused-ring (bicyclic) bond motifs is 1. The lowest BCUT2D eigenvalue weighted by atomic mass is 9.85. The van der Waals surface area contributed by atoms with Crippen molar-refractivity contribution in [3.05, 3.63) is 29.7 Å². The van der Waals surface area contributed by atoms with Crippen molar-refractivity contribution >= 4 is 11.1 Å². The standard InChI is InChI=1S/C14H20N2O/c1-9-5-6-10-11(7-9)17-13(16-10)8-12(15)14(2,3)4/h5-7,12H,8,15H2,1-4H3. The normalized spacial score (nSPS) is 14.2. The Kier molecular flexibility index (Phi) is 2.96. The maximum absolute atomic E-state index is 6.13. The minimum atomic E-state index is 0.0525. The molecule has 0 bridgehead atoms. The molecule has 0 aliphatic heterocycles. The summed E-state index contributed by atoms with van der Waals surface area (Å²) in [6.07, 6.45) is 0.678. The van der Waals surface area contributed by atoms with E-state index in [-0.39, 0.29) is 11.5 Å². The topological polar surface area (TPSA) is 52.0 Å². The van der Waals surface area contributed by atoms with Crippen LogP contribution in [0.4, 0.5) is 0 Å². The largest absolute Gasteiger partial charge is 0.441 e. The van der Waals surface area contributed by atoms with Gasteiger partial charge in [0.25, 0.3) is 0 Å². The van der Waals surface area contributed by atoms with Crippen LogP contribution in [-0.4, -0.2) is 11.0 Å². The van der Waals surface area contributed by atoms with E-state index in [4.69, 9.17) is 10.2 Å². The van der Waals surface area contributed by atoms with Gasteiger partial charge in [0.05, 0.1) is 0 Å². The van der Waals surface area contributed by atoms with E-state index in [1.54, 1.807) is 0 Å². The average Bonchev–Trinajstić information content (AvgIpc) is 2.57. The van der Waals surface area contributed by atoms with Crippen molar-refractivity contribution in [1.29, 1.82) is 0 Å². The van der Waals surface area contributed by atoms with Crippen molar-refractivity contribution in [2.75, 3.05) is 0 Å². The molecule has 2 rings (SSSR count). The van der Waals surface area contributed by atoms with Gasteiger partial charge in [0.15, 0.2) is 11.5 Å². The van der Waals surface area contributed by atoms with E-state index >= 15 is 0 Å². The van der Waals surface area contributed by atoms with Crippen LogP contribution in [-0.2, 0) is 6.42 Å². The van der Waals surface area contributed by atoms with Gasteiger partial charge < -0.3 is 10.2 Å². The SMILES string of the molecule is Cc1ccc2nc(CC(N)C(C)(C)C)oc2c1. The van der Waals surface area contributed by atoms with Crippen LogP contribution in [0.15, 0.2) is 22.6 Å². The molecule has 1 aromatic carbocycles.